The van der Waals surface area contributed by atoms with Crippen LogP contribution >= 0.6 is 0 Å². The molecule has 4 atom stereocenters. The molecule has 126 valence electrons. The van der Waals surface area contributed by atoms with Gasteiger partial charge >= 0.3 is 11.9 Å². The first-order valence-electron chi connectivity index (χ1n) is 8.00. The fourth-order valence-electron chi connectivity index (χ4n) is 3.68. The van der Waals surface area contributed by atoms with Crippen molar-refractivity contribution >= 4 is 23.5 Å². The van der Waals surface area contributed by atoms with E-state index in [1.807, 2.05) is 12.2 Å². The molecule has 0 heterocycles. The van der Waals surface area contributed by atoms with Crippen LogP contribution in [0.5, 0.6) is 0 Å². The largest absolute Gasteiger partial charge is 0.481 e. The molecule has 6 heteroatoms. The summed E-state index contributed by atoms with van der Waals surface area (Å²) in [5.41, 5.74) is 0.804. The molecule has 2 N–H and O–H groups in total. The molecule has 2 aliphatic rings. The molecule has 1 amide bonds. The summed E-state index contributed by atoms with van der Waals surface area (Å²) in [4.78, 5) is 35.9. The van der Waals surface area contributed by atoms with Gasteiger partial charge in [0, 0.05) is 5.69 Å². The van der Waals surface area contributed by atoms with Crippen molar-refractivity contribution in [1.29, 1.82) is 0 Å². The SMILES string of the molecule is CCOC(=O)c1cccc(NC(=O)[C@@H]2[C@H](C(=O)O)[C@H]3C=C[C@H]2C3)c1. The Bertz CT molecular complexity index is 711. The van der Waals surface area contributed by atoms with Gasteiger partial charge in [0.05, 0.1) is 24.0 Å². The lowest BCUT2D eigenvalue weighted by Gasteiger charge is -2.23. The third-order valence-corrected chi connectivity index (χ3v) is 4.69. The molecule has 24 heavy (non-hydrogen) atoms. The summed E-state index contributed by atoms with van der Waals surface area (Å²) in [6.07, 6.45) is 4.54. The molecule has 0 radical (unpaired) electrons. The minimum absolute atomic E-state index is 0.0376. The van der Waals surface area contributed by atoms with Crippen LogP contribution in [0.2, 0.25) is 0 Å². The predicted molar refractivity (Wildman–Crippen MR) is 86.4 cm³/mol. The number of amides is 1. The summed E-state index contributed by atoms with van der Waals surface area (Å²) in [5.74, 6) is -3.09. The van der Waals surface area contributed by atoms with Crippen LogP contribution in [0.15, 0.2) is 36.4 Å². The van der Waals surface area contributed by atoms with Gasteiger partial charge in [0.2, 0.25) is 5.91 Å². The number of ether oxygens (including phenoxy) is 1. The number of carboxylic acid groups (broad SMARTS) is 1. The molecule has 1 saturated carbocycles. The van der Waals surface area contributed by atoms with E-state index >= 15 is 0 Å². The smallest absolute Gasteiger partial charge is 0.338 e. The van der Waals surface area contributed by atoms with Crippen molar-refractivity contribution in [3.63, 3.8) is 0 Å². The first-order valence-corrected chi connectivity index (χ1v) is 8.00. The summed E-state index contributed by atoms with van der Waals surface area (Å²) >= 11 is 0. The molecule has 0 spiro atoms. The number of nitrogens with one attached hydrogen (secondary N) is 1. The molecule has 6 nitrogen and oxygen atoms in total. The lowest BCUT2D eigenvalue weighted by Crippen LogP contribution is -2.36. The van der Waals surface area contributed by atoms with Crippen molar-refractivity contribution < 1.29 is 24.2 Å². The van der Waals surface area contributed by atoms with Crippen LogP contribution in [0.25, 0.3) is 0 Å². The zero-order chi connectivity index (χ0) is 17.3. The summed E-state index contributed by atoms with van der Waals surface area (Å²) in [6.45, 7) is 1.99. The van der Waals surface area contributed by atoms with Crippen LogP contribution in [0, 0.1) is 23.7 Å². The van der Waals surface area contributed by atoms with Crippen LogP contribution in [-0.2, 0) is 14.3 Å². The van der Waals surface area contributed by atoms with E-state index < -0.39 is 23.8 Å². The Morgan fingerprint density at radius 2 is 1.92 bits per heavy atom. The fourth-order valence-corrected chi connectivity index (χ4v) is 3.68. The van der Waals surface area contributed by atoms with Gasteiger partial charge in [0.15, 0.2) is 0 Å². The number of allylic oxidation sites excluding steroid dienone is 2. The number of anilines is 1. The van der Waals surface area contributed by atoms with Gasteiger partial charge < -0.3 is 15.2 Å². The number of esters is 1. The second-order valence-electron chi connectivity index (χ2n) is 6.13. The van der Waals surface area contributed by atoms with E-state index in [1.54, 1.807) is 25.1 Å². The Balaban J connectivity index is 1.75. The monoisotopic (exact) mass is 329 g/mol. The van der Waals surface area contributed by atoms with Gasteiger partial charge in [0.1, 0.15) is 0 Å². The van der Waals surface area contributed by atoms with Crippen LogP contribution in [0.3, 0.4) is 0 Å². The highest BCUT2D eigenvalue weighted by atomic mass is 16.5. The number of hydrogen-bond donors (Lipinski definition) is 2. The highest BCUT2D eigenvalue weighted by Crippen LogP contribution is 2.48. The number of hydrogen-bond acceptors (Lipinski definition) is 4. The van der Waals surface area contributed by atoms with Crippen molar-refractivity contribution in [2.24, 2.45) is 23.7 Å². The molecule has 3 rings (SSSR count). The number of aliphatic carboxylic acids is 1. The highest BCUT2D eigenvalue weighted by Gasteiger charge is 2.51. The number of rotatable bonds is 5. The van der Waals surface area contributed by atoms with Crippen LogP contribution in [0.4, 0.5) is 5.69 Å². The first-order chi connectivity index (χ1) is 11.5. The molecule has 0 aromatic heterocycles. The Morgan fingerprint density at radius 1 is 1.21 bits per heavy atom. The van der Waals surface area contributed by atoms with E-state index in [1.165, 1.54) is 6.07 Å². The average Bonchev–Trinajstić information content (AvgIpc) is 3.16. The molecular weight excluding hydrogens is 310 g/mol. The third-order valence-electron chi connectivity index (χ3n) is 4.69. The molecule has 2 aliphatic carbocycles. The van der Waals surface area contributed by atoms with Crippen LogP contribution in [0.1, 0.15) is 23.7 Å². The summed E-state index contributed by atoms with van der Waals surface area (Å²) in [7, 11) is 0. The lowest BCUT2D eigenvalue weighted by atomic mass is 9.82. The molecule has 1 fully saturated rings. The summed E-state index contributed by atoms with van der Waals surface area (Å²) in [6, 6.07) is 6.46. The molecule has 0 aliphatic heterocycles. The Labute approximate surface area is 139 Å². The lowest BCUT2D eigenvalue weighted by molar-refractivity contribution is -0.146. The van der Waals surface area contributed by atoms with Gasteiger partial charge in [-0.15, -0.1) is 0 Å². The van der Waals surface area contributed by atoms with E-state index in [-0.39, 0.29) is 24.3 Å². The third kappa shape index (κ3) is 2.91. The number of fused-ring (bicyclic) bond motifs is 2. The molecular formula is C18H19NO5. The highest BCUT2D eigenvalue weighted by molar-refractivity contribution is 5.98. The van der Waals surface area contributed by atoms with Crippen molar-refractivity contribution in [2.45, 2.75) is 13.3 Å². The van der Waals surface area contributed by atoms with E-state index in [0.717, 1.165) is 0 Å². The summed E-state index contributed by atoms with van der Waals surface area (Å²) < 4.78 is 4.94. The number of carboxylic acids is 1. The molecule has 0 saturated heterocycles. The molecule has 1 aromatic rings. The summed E-state index contributed by atoms with van der Waals surface area (Å²) in [5, 5.41) is 12.2. The zero-order valence-corrected chi connectivity index (χ0v) is 13.3. The van der Waals surface area contributed by atoms with Crippen molar-refractivity contribution in [2.75, 3.05) is 11.9 Å². The second-order valence-corrected chi connectivity index (χ2v) is 6.13. The Kier molecular flexibility index (Phi) is 4.38. The van der Waals surface area contributed by atoms with Crippen LogP contribution < -0.4 is 5.32 Å². The number of benzene rings is 1. The van der Waals surface area contributed by atoms with Gasteiger partial charge in [-0.1, -0.05) is 18.2 Å². The topological polar surface area (TPSA) is 92.7 Å². The average molecular weight is 329 g/mol. The normalized spacial score (nSPS) is 27.0. The first kappa shape index (κ1) is 16.2. The second kappa shape index (κ2) is 6.47. The Morgan fingerprint density at radius 3 is 2.58 bits per heavy atom. The van der Waals surface area contributed by atoms with E-state index in [4.69, 9.17) is 4.74 Å². The van der Waals surface area contributed by atoms with Gasteiger partial charge in [-0.2, -0.15) is 0 Å². The van der Waals surface area contributed by atoms with Gasteiger partial charge in [-0.05, 0) is 43.4 Å². The van der Waals surface area contributed by atoms with Crippen LogP contribution in [-0.4, -0.2) is 29.6 Å². The zero-order valence-electron chi connectivity index (χ0n) is 13.3. The Hall–Kier alpha value is -2.63. The standard InChI is InChI=1S/C18H19NO5/c1-2-24-18(23)12-4-3-5-13(9-12)19-16(20)14-10-6-7-11(8-10)15(14)17(21)22/h3-7,9-11,14-15H,2,8H2,1H3,(H,19,20)(H,21,22)/t10-,11-,14-,15+/m0/s1. The van der Waals surface area contributed by atoms with Crippen molar-refractivity contribution in [3.05, 3.63) is 42.0 Å². The van der Waals surface area contributed by atoms with Crippen molar-refractivity contribution in [3.8, 4) is 0 Å². The maximum absolute atomic E-state index is 12.6. The minimum Gasteiger partial charge on any atom is -0.481 e. The van der Waals surface area contributed by atoms with E-state index in [0.29, 0.717) is 17.7 Å². The quantitative estimate of drug-likeness (QED) is 0.639. The van der Waals surface area contributed by atoms with Gasteiger partial charge in [0.25, 0.3) is 0 Å². The van der Waals surface area contributed by atoms with E-state index in [2.05, 4.69) is 5.32 Å². The van der Waals surface area contributed by atoms with Crippen molar-refractivity contribution in [1.82, 2.24) is 0 Å². The molecule has 2 bridgehead atoms. The minimum atomic E-state index is -0.938. The predicted octanol–water partition coefficient (Wildman–Crippen LogP) is 2.32. The van der Waals surface area contributed by atoms with Gasteiger partial charge in [-0.3, -0.25) is 9.59 Å². The maximum Gasteiger partial charge on any atom is 0.338 e. The number of carbonyl (C=O) groups is 3. The van der Waals surface area contributed by atoms with E-state index in [9.17, 15) is 19.5 Å². The molecule has 1 aromatic carbocycles. The maximum atomic E-state index is 12.6. The molecule has 0 unspecified atom stereocenters. The van der Waals surface area contributed by atoms with Gasteiger partial charge in [-0.25, -0.2) is 4.79 Å². The fraction of sp³-hybridized carbons (Fsp3) is 0.389. The number of carbonyl (C=O) groups excluding carboxylic acids is 2.